The molecular formula is C23H30BrN3O4. The Morgan fingerprint density at radius 1 is 1.06 bits per heavy atom. The molecule has 168 valence electrons. The zero-order valence-electron chi connectivity index (χ0n) is 17.9. The van der Waals surface area contributed by atoms with E-state index < -0.39 is 5.97 Å². The number of carbonyl (C=O) groups is 2. The number of rotatable bonds is 12. The first-order chi connectivity index (χ1) is 14.9. The van der Waals surface area contributed by atoms with Gasteiger partial charge in [0.25, 0.3) is 0 Å². The summed E-state index contributed by atoms with van der Waals surface area (Å²) in [5.41, 5.74) is 1.86. The van der Waals surface area contributed by atoms with Crippen LogP contribution in [0.25, 0.3) is 0 Å². The van der Waals surface area contributed by atoms with Crippen molar-refractivity contribution in [1.82, 2.24) is 10.2 Å². The number of anilines is 1. The van der Waals surface area contributed by atoms with E-state index in [0.717, 1.165) is 34.4 Å². The van der Waals surface area contributed by atoms with Crippen LogP contribution in [0.4, 0.5) is 10.5 Å². The lowest BCUT2D eigenvalue weighted by Gasteiger charge is -2.29. The maximum atomic E-state index is 12.1. The van der Waals surface area contributed by atoms with Crippen LogP contribution in [0.1, 0.15) is 37.8 Å². The van der Waals surface area contributed by atoms with Crippen LogP contribution in [0.5, 0.6) is 5.75 Å². The lowest BCUT2D eigenvalue weighted by molar-refractivity contribution is -0.137. The van der Waals surface area contributed by atoms with Gasteiger partial charge >= 0.3 is 12.0 Å². The largest absolute Gasteiger partial charge is 0.497 e. The molecule has 0 aliphatic rings. The second-order valence-corrected chi connectivity index (χ2v) is 8.14. The lowest BCUT2D eigenvalue weighted by atomic mass is 10.1. The molecule has 2 aromatic rings. The van der Waals surface area contributed by atoms with E-state index in [1.54, 1.807) is 7.11 Å². The molecule has 31 heavy (non-hydrogen) atoms. The molecule has 0 unspecified atom stereocenters. The fourth-order valence-corrected chi connectivity index (χ4v) is 3.48. The molecule has 3 N–H and O–H groups in total. The summed E-state index contributed by atoms with van der Waals surface area (Å²) in [7, 11) is 1.64. The van der Waals surface area contributed by atoms with Gasteiger partial charge in [-0.25, -0.2) is 4.79 Å². The summed E-state index contributed by atoms with van der Waals surface area (Å²) in [6, 6.07) is 15.2. The predicted molar refractivity (Wildman–Crippen MR) is 126 cm³/mol. The summed E-state index contributed by atoms with van der Waals surface area (Å²) in [4.78, 5) is 25.2. The molecule has 0 heterocycles. The zero-order valence-corrected chi connectivity index (χ0v) is 19.5. The third-order valence-electron chi connectivity index (χ3n) is 4.99. The van der Waals surface area contributed by atoms with Crippen molar-refractivity contribution in [2.75, 3.05) is 32.1 Å². The van der Waals surface area contributed by atoms with Gasteiger partial charge in [0.15, 0.2) is 0 Å². The smallest absolute Gasteiger partial charge is 0.319 e. The normalized spacial score (nSPS) is 11.7. The van der Waals surface area contributed by atoms with Gasteiger partial charge < -0.3 is 20.5 Å². The number of nitrogens with zero attached hydrogens (tertiary/aromatic N) is 1. The van der Waals surface area contributed by atoms with Crippen molar-refractivity contribution in [3.63, 3.8) is 0 Å². The topological polar surface area (TPSA) is 90.9 Å². The average Bonchev–Trinajstić information content (AvgIpc) is 2.76. The van der Waals surface area contributed by atoms with E-state index in [9.17, 15) is 9.59 Å². The summed E-state index contributed by atoms with van der Waals surface area (Å²) < 4.78 is 6.17. The standard InChI is InChI=1S/C23H30BrN3O4/c1-17(18-6-12-21(31-2)13-7-18)27(15-3-5-22(28)29)16-4-14-25-23(30)26-20-10-8-19(24)9-11-20/h6-13,17H,3-5,14-16H2,1-2H3,(H,28,29)(H2,25,26,30)/t17-/m1/s1. The SMILES string of the molecule is COc1ccc([C@@H](C)N(CCCNC(=O)Nc2ccc(Br)cc2)CCCC(=O)O)cc1. The van der Waals surface area contributed by atoms with Crippen molar-refractivity contribution in [3.05, 3.63) is 58.6 Å². The van der Waals surface area contributed by atoms with E-state index in [-0.39, 0.29) is 18.5 Å². The van der Waals surface area contributed by atoms with Gasteiger partial charge in [-0.2, -0.15) is 0 Å². The Morgan fingerprint density at radius 2 is 1.71 bits per heavy atom. The van der Waals surface area contributed by atoms with Gasteiger partial charge in [-0.1, -0.05) is 28.1 Å². The third kappa shape index (κ3) is 8.98. The number of hydrogen-bond acceptors (Lipinski definition) is 4. The number of benzene rings is 2. The van der Waals surface area contributed by atoms with Crippen LogP contribution >= 0.6 is 15.9 Å². The van der Waals surface area contributed by atoms with Crippen LogP contribution in [0.2, 0.25) is 0 Å². The molecule has 0 aliphatic heterocycles. The molecule has 0 saturated carbocycles. The number of methoxy groups -OCH3 is 1. The first-order valence-electron chi connectivity index (χ1n) is 10.3. The number of hydrogen-bond donors (Lipinski definition) is 3. The fraction of sp³-hybridized carbons (Fsp3) is 0.391. The molecule has 0 aromatic heterocycles. The lowest BCUT2D eigenvalue weighted by Crippen LogP contribution is -2.34. The maximum absolute atomic E-state index is 12.1. The quantitative estimate of drug-likeness (QED) is 0.367. The van der Waals surface area contributed by atoms with E-state index in [2.05, 4.69) is 38.4 Å². The highest BCUT2D eigenvalue weighted by Crippen LogP contribution is 2.23. The maximum Gasteiger partial charge on any atom is 0.319 e. The highest BCUT2D eigenvalue weighted by molar-refractivity contribution is 9.10. The molecule has 0 spiro atoms. The highest BCUT2D eigenvalue weighted by atomic mass is 79.9. The van der Waals surface area contributed by atoms with Crippen molar-refractivity contribution in [2.24, 2.45) is 0 Å². The number of amides is 2. The molecule has 2 rings (SSSR count). The number of aliphatic carboxylic acids is 1. The number of carboxylic acid groups (broad SMARTS) is 1. The summed E-state index contributed by atoms with van der Waals surface area (Å²) >= 11 is 3.37. The molecule has 0 radical (unpaired) electrons. The average molecular weight is 492 g/mol. The molecule has 2 aromatic carbocycles. The van der Waals surface area contributed by atoms with Crippen molar-refractivity contribution < 1.29 is 19.4 Å². The molecule has 1 atom stereocenters. The predicted octanol–water partition coefficient (Wildman–Crippen LogP) is 4.90. The summed E-state index contributed by atoms with van der Waals surface area (Å²) in [5.74, 6) is 0.0118. The van der Waals surface area contributed by atoms with Crippen LogP contribution in [0.3, 0.4) is 0 Å². The third-order valence-corrected chi connectivity index (χ3v) is 5.52. The van der Waals surface area contributed by atoms with Crippen LogP contribution in [0.15, 0.2) is 53.0 Å². The summed E-state index contributed by atoms with van der Waals surface area (Å²) in [5, 5.41) is 14.6. The van der Waals surface area contributed by atoms with E-state index in [1.807, 2.05) is 48.5 Å². The molecule has 2 amide bonds. The molecule has 0 bridgehead atoms. The molecule has 0 aliphatic carbocycles. The number of halogens is 1. The van der Waals surface area contributed by atoms with Gasteiger partial charge in [0, 0.05) is 35.7 Å². The van der Waals surface area contributed by atoms with E-state index in [1.165, 1.54) is 0 Å². The number of carboxylic acids is 1. The molecular weight excluding hydrogens is 462 g/mol. The van der Waals surface area contributed by atoms with Crippen molar-refractivity contribution in [1.29, 1.82) is 0 Å². The molecule has 0 saturated heterocycles. The van der Waals surface area contributed by atoms with Gasteiger partial charge in [0.05, 0.1) is 7.11 Å². The first kappa shape index (κ1) is 24.7. The Morgan fingerprint density at radius 3 is 2.32 bits per heavy atom. The minimum atomic E-state index is -0.789. The van der Waals surface area contributed by atoms with Crippen LogP contribution in [-0.2, 0) is 4.79 Å². The fourth-order valence-electron chi connectivity index (χ4n) is 3.22. The zero-order chi connectivity index (χ0) is 22.6. The second kappa shape index (κ2) is 13.0. The number of ether oxygens (including phenoxy) is 1. The van der Waals surface area contributed by atoms with Crippen molar-refractivity contribution in [2.45, 2.75) is 32.2 Å². The Kier molecular flexibility index (Phi) is 10.3. The van der Waals surface area contributed by atoms with Gasteiger partial charge in [-0.3, -0.25) is 9.69 Å². The monoisotopic (exact) mass is 491 g/mol. The Bertz CT molecular complexity index is 828. The van der Waals surface area contributed by atoms with Crippen LogP contribution in [-0.4, -0.2) is 48.8 Å². The number of urea groups is 1. The Balaban J connectivity index is 1.85. The van der Waals surface area contributed by atoms with Gasteiger partial charge in [-0.05, 0) is 68.3 Å². The van der Waals surface area contributed by atoms with Crippen LogP contribution < -0.4 is 15.4 Å². The highest BCUT2D eigenvalue weighted by Gasteiger charge is 2.16. The Labute approximate surface area is 191 Å². The molecule has 8 heteroatoms. The summed E-state index contributed by atoms with van der Waals surface area (Å²) in [6.07, 6.45) is 1.47. The summed E-state index contributed by atoms with van der Waals surface area (Å²) in [6.45, 7) is 4.04. The molecule has 0 fully saturated rings. The van der Waals surface area contributed by atoms with Crippen molar-refractivity contribution in [3.8, 4) is 5.75 Å². The minimum absolute atomic E-state index is 0.122. The molecule has 7 nitrogen and oxygen atoms in total. The number of nitrogens with one attached hydrogen (secondary N) is 2. The van der Waals surface area contributed by atoms with E-state index >= 15 is 0 Å². The second-order valence-electron chi connectivity index (χ2n) is 7.22. The van der Waals surface area contributed by atoms with Gasteiger partial charge in [-0.15, -0.1) is 0 Å². The van der Waals surface area contributed by atoms with E-state index in [4.69, 9.17) is 9.84 Å². The first-order valence-corrected chi connectivity index (χ1v) is 11.1. The minimum Gasteiger partial charge on any atom is -0.497 e. The van der Waals surface area contributed by atoms with Crippen LogP contribution in [0, 0.1) is 0 Å². The number of carbonyl (C=O) groups excluding carboxylic acids is 1. The Hall–Kier alpha value is -2.58. The van der Waals surface area contributed by atoms with Gasteiger partial charge in [0.1, 0.15) is 5.75 Å². The van der Waals surface area contributed by atoms with Gasteiger partial charge in [0.2, 0.25) is 0 Å². The van der Waals surface area contributed by atoms with E-state index in [0.29, 0.717) is 19.5 Å². The van der Waals surface area contributed by atoms with Crippen molar-refractivity contribution >= 4 is 33.6 Å².